The summed E-state index contributed by atoms with van der Waals surface area (Å²) in [5, 5.41) is 3.64. The van der Waals surface area contributed by atoms with Gasteiger partial charge < -0.3 is 10.2 Å². The lowest BCUT2D eigenvalue weighted by molar-refractivity contribution is -0.140. The average molecular weight is 695 g/mol. The lowest BCUT2D eigenvalue weighted by Crippen LogP contribution is -2.53. The van der Waals surface area contributed by atoms with Gasteiger partial charge in [0.05, 0.1) is 10.6 Å². The molecule has 2 amide bonds. The molecule has 0 saturated carbocycles. The maximum atomic E-state index is 14.7. The maximum Gasteiger partial charge on any atom is 0.264 e. The molecule has 10 heteroatoms. The predicted molar refractivity (Wildman–Crippen MR) is 190 cm³/mol. The van der Waals surface area contributed by atoms with Gasteiger partial charge >= 0.3 is 0 Å². The number of aryl methyl sites for hydroxylation is 3. The number of sulfonamides is 1. The number of nitrogens with one attached hydrogen (secondary N) is 1. The SMILES string of the molecule is Cc1ccc(S(=O)(=O)N(CC(=O)N(Cc2c(Cl)cccc2Cl)[C@H](Cc2ccccc2)C(=O)NCC(C)C)c2ccc(C)c(C)c2)cc1. The second kappa shape index (κ2) is 15.8. The number of carbonyl (C=O) groups is 2. The predicted octanol–water partition coefficient (Wildman–Crippen LogP) is 7.53. The summed E-state index contributed by atoms with van der Waals surface area (Å²) in [6.07, 6.45) is 0.187. The summed E-state index contributed by atoms with van der Waals surface area (Å²) in [6, 6.07) is 25.2. The number of rotatable bonds is 13. The molecule has 4 rings (SSSR count). The molecule has 4 aromatic carbocycles. The van der Waals surface area contributed by atoms with Crippen molar-refractivity contribution in [2.75, 3.05) is 17.4 Å². The largest absolute Gasteiger partial charge is 0.354 e. The van der Waals surface area contributed by atoms with Gasteiger partial charge in [-0.2, -0.15) is 0 Å². The molecule has 4 aromatic rings. The maximum absolute atomic E-state index is 14.7. The number of nitrogens with zero attached hydrogens (tertiary/aromatic N) is 2. The Morgan fingerprint density at radius 1 is 0.809 bits per heavy atom. The quantitative estimate of drug-likeness (QED) is 0.157. The highest BCUT2D eigenvalue weighted by atomic mass is 35.5. The van der Waals surface area contributed by atoms with Crippen molar-refractivity contribution in [1.29, 1.82) is 0 Å². The fraction of sp³-hybridized carbons (Fsp3) is 0.297. The third kappa shape index (κ3) is 9.15. The number of carbonyl (C=O) groups excluding carboxylic acids is 2. The van der Waals surface area contributed by atoms with Gasteiger partial charge in [-0.1, -0.05) is 97.2 Å². The van der Waals surface area contributed by atoms with Crippen molar-refractivity contribution in [1.82, 2.24) is 10.2 Å². The molecule has 0 unspecified atom stereocenters. The van der Waals surface area contributed by atoms with Crippen LogP contribution >= 0.6 is 23.2 Å². The molecule has 1 atom stereocenters. The smallest absolute Gasteiger partial charge is 0.264 e. The van der Waals surface area contributed by atoms with E-state index in [4.69, 9.17) is 23.2 Å². The van der Waals surface area contributed by atoms with Crippen LogP contribution in [0.2, 0.25) is 10.0 Å². The van der Waals surface area contributed by atoms with Crippen molar-refractivity contribution in [3.05, 3.63) is 129 Å². The van der Waals surface area contributed by atoms with Gasteiger partial charge in [0.15, 0.2) is 0 Å². The molecule has 0 aromatic heterocycles. The lowest BCUT2D eigenvalue weighted by atomic mass is 10.0. The zero-order valence-corrected chi connectivity index (χ0v) is 29.7. The van der Waals surface area contributed by atoms with Gasteiger partial charge in [-0.25, -0.2) is 8.42 Å². The topological polar surface area (TPSA) is 86.8 Å². The molecule has 47 heavy (non-hydrogen) atoms. The van der Waals surface area contributed by atoms with E-state index in [2.05, 4.69) is 5.32 Å². The minimum absolute atomic E-state index is 0.0466. The first-order valence-electron chi connectivity index (χ1n) is 15.5. The number of anilines is 1. The standard InChI is InChI=1S/C37H41Cl2N3O4S/c1-25(2)22-40-37(44)35(21-29-10-7-6-8-11-29)41(23-32-33(38)12-9-13-34(32)39)36(43)24-42(30-17-16-27(4)28(5)20-30)47(45,46)31-18-14-26(3)15-19-31/h6-20,25,35H,21-24H2,1-5H3,(H,40,44)/t35-/m1/s1. The number of hydrogen-bond donors (Lipinski definition) is 1. The van der Waals surface area contributed by atoms with E-state index >= 15 is 0 Å². The normalized spacial score (nSPS) is 12.1. The molecule has 0 aliphatic carbocycles. The highest BCUT2D eigenvalue weighted by Crippen LogP contribution is 2.30. The van der Waals surface area contributed by atoms with Crippen LogP contribution < -0.4 is 9.62 Å². The van der Waals surface area contributed by atoms with E-state index < -0.39 is 28.5 Å². The fourth-order valence-corrected chi connectivity index (χ4v) is 7.00. The molecule has 248 valence electrons. The molecule has 1 N–H and O–H groups in total. The Bertz CT molecular complexity index is 1790. The monoisotopic (exact) mass is 693 g/mol. The van der Waals surface area contributed by atoms with Crippen molar-refractivity contribution in [3.63, 3.8) is 0 Å². The summed E-state index contributed by atoms with van der Waals surface area (Å²) in [5.41, 5.74) is 4.37. The Hall–Kier alpha value is -3.85. The van der Waals surface area contributed by atoms with Crippen molar-refractivity contribution in [3.8, 4) is 0 Å². The minimum Gasteiger partial charge on any atom is -0.354 e. The van der Waals surface area contributed by atoms with Gasteiger partial charge in [-0.3, -0.25) is 13.9 Å². The number of hydrogen-bond acceptors (Lipinski definition) is 4. The summed E-state index contributed by atoms with van der Waals surface area (Å²) in [6.45, 7) is 9.37. The lowest BCUT2D eigenvalue weighted by Gasteiger charge is -2.34. The van der Waals surface area contributed by atoms with Crippen molar-refractivity contribution < 1.29 is 18.0 Å². The van der Waals surface area contributed by atoms with Crippen LogP contribution in [-0.4, -0.2) is 44.3 Å². The van der Waals surface area contributed by atoms with E-state index in [9.17, 15) is 18.0 Å². The highest BCUT2D eigenvalue weighted by Gasteiger charge is 2.35. The highest BCUT2D eigenvalue weighted by molar-refractivity contribution is 7.92. The Kier molecular flexibility index (Phi) is 12.1. The van der Waals surface area contributed by atoms with Gasteiger partial charge in [-0.05, 0) is 79.8 Å². The first kappa shape index (κ1) is 36.0. The molecule has 0 spiro atoms. The Balaban J connectivity index is 1.85. The van der Waals surface area contributed by atoms with E-state index in [-0.39, 0.29) is 29.7 Å². The van der Waals surface area contributed by atoms with Gasteiger partial charge in [0.2, 0.25) is 11.8 Å². The average Bonchev–Trinajstić information content (AvgIpc) is 3.03. The first-order valence-corrected chi connectivity index (χ1v) is 17.7. The van der Waals surface area contributed by atoms with Gasteiger partial charge in [0.25, 0.3) is 10.0 Å². The van der Waals surface area contributed by atoms with E-state index in [1.54, 1.807) is 42.5 Å². The van der Waals surface area contributed by atoms with Crippen LogP contribution in [0.25, 0.3) is 0 Å². The second-order valence-electron chi connectivity index (χ2n) is 12.2. The molecular weight excluding hydrogens is 653 g/mol. The van der Waals surface area contributed by atoms with E-state index in [0.29, 0.717) is 27.8 Å². The molecule has 0 aliphatic heterocycles. The van der Waals surface area contributed by atoms with Crippen molar-refractivity contribution in [2.24, 2.45) is 5.92 Å². The van der Waals surface area contributed by atoms with E-state index in [0.717, 1.165) is 26.6 Å². The molecule has 0 fully saturated rings. The van der Waals surface area contributed by atoms with Crippen LogP contribution in [0.4, 0.5) is 5.69 Å². The van der Waals surface area contributed by atoms with E-state index in [1.165, 1.54) is 17.0 Å². The van der Waals surface area contributed by atoms with Crippen molar-refractivity contribution in [2.45, 2.75) is 58.5 Å². The van der Waals surface area contributed by atoms with Crippen LogP contribution in [0.3, 0.4) is 0 Å². The summed E-state index contributed by atoms with van der Waals surface area (Å²) >= 11 is 13.2. The summed E-state index contributed by atoms with van der Waals surface area (Å²) in [7, 11) is -4.21. The first-order chi connectivity index (χ1) is 22.3. The van der Waals surface area contributed by atoms with Crippen LogP contribution in [0, 0.1) is 26.7 Å². The fourth-order valence-electron chi connectivity index (χ4n) is 5.08. The van der Waals surface area contributed by atoms with Crippen LogP contribution in [0.5, 0.6) is 0 Å². The Morgan fingerprint density at radius 2 is 1.45 bits per heavy atom. The van der Waals surface area contributed by atoms with Gasteiger partial charge in [0, 0.05) is 35.1 Å². The molecular formula is C37H41Cl2N3O4S. The Labute approximate surface area is 288 Å². The molecule has 7 nitrogen and oxygen atoms in total. The zero-order chi connectivity index (χ0) is 34.3. The second-order valence-corrected chi connectivity index (χ2v) is 14.8. The molecule has 0 aliphatic rings. The number of benzene rings is 4. The molecule has 0 saturated heterocycles. The van der Waals surface area contributed by atoms with E-state index in [1.807, 2.05) is 71.0 Å². The molecule has 0 heterocycles. The summed E-state index contributed by atoms with van der Waals surface area (Å²) < 4.78 is 29.7. The summed E-state index contributed by atoms with van der Waals surface area (Å²) in [4.78, 5) is 30.1. The van der Waals surface area contributed by atoms with Crippen LogP contribution in [0.1, 0.15) is 41.7 Å². The molecule has 0 radical (unpaired) electrons. The third-order valence-electron chi connectivity index (χ3n) is 8.01. The van der Waals surface area contributed by atoms with Crippen LogP contribution in [0.15, 0.2) is 95.9 Å². The van der Waals surface area contributed by atoms with Gasteiger partial charge in [0.1, 0.15) is 12.6 Å². The van der Waals surface area contributed by atoms with Gasteiger partial charge in [-0.15, -0.1) is 0 Å². The zero-order valence-electron chi connectivity index (χ0n) is 27.3. The van der Waals surface area contributed by atoms with Crippen LogP contribution in [-0.2, 0) is 32.6 Å². The minimum atomic E-state index is -4.21. The Morgan fingerprint density at radius 3 is 2.04 bits per heavy atom. The van der Waals surface area contributed by atoms with Crippen molar-refractivity contribution >= 4 is 50.7 Å². The number of halogens is 2. The number of amides is 2. The third-order valence-corrected chi connectivity index (χ3v) is 10.5. The molecule has 0 bridgehead atoms. The summed E-state index contributed by atoms with van der Waals surface area (Å²) in [5.74, 6) is -0.785.